The number of rotatable bonds is 3. The first-order chi connectivity index (χ1) is 14.3. The van der Waals surface area contributed by atoms with Crippen LogP contribution in [-0.4, -0.2) is 59.3 Å². The van der Waals surface area contributed by atoms with Gasteiger partial charge in [0.2, 0.25) is 0 Å². The minimum Gasteiger partial charge on any atom is -0.422 e. The normalized spacial score (nSPS) is 16.0. The van der Waals surface area contributed by atoms with Crippen LogP contribution in [0.1, 0.15) is 22.6 Å². The lowest BCUT2D eigenvalue weighted by Gasteiger charge is -2.21. The van der Waals surface area contributed by atoms with Crippen LogP contribution in [0.3, 0.4) is 0 Å². The van der Waals surface area contributed by atoms with Gasteiger partial charge >= 0.3 is 5.63 Å². The first kappa shape index (κ1) is 20.3. The molecule has 3 heterocycles. The Hall–Kier alpha value is -2.98. The number of sulfonamides is 1. The Morgan fingerprint density at radius 1 is 1.13 bits per heavy atom. The van der Waals surface area contributed by atoms with E-state index in [1.807, 2.05) is 0 Å². The van der Waals surface area contributed by atoms with Crippen molar-refractivity contribution >= 4 is 26.9 Å². The van der Waals surface area contributed by atoms with Crippen LogP contribution in [0.2, 0.25) is 0 Å². The third-order valence-corrected chi connectivity index (χ3v) is 7.07. The molecule has 0 bridgehead atoms. The minimum absolute atomic E-state index is 0.00236. The van der Waals surface area contributed by atoms with Crippen LogP contribution in [0.15, 0.2) is 50.8 Å². The monoisotopic (exact) mass is 430 g/mol. The van der Waals surface area contributed by atoms with Crippen molar-refractivity contribution in [2.24, 2.45) is 7.05 Å². The maximum atomic E-state index is 13.0. The highest BCUT2D eigenvalue weighted by Crippen LogP contribution is 2.19. The fourth-order valence-electron chi connectivity index (χ4n) is 3.50. The number of benzene rings is 1. The van der Waals surface area contributed by atoms with Crippen LogP contribution in [-0.2, 0) is 17.1 Å². The van der Waals surface area contributed by atoms with Crippen LogP contribution in [0.25, 0.3) is 11.0 Å². The second-order valence-corrected chi connectivity index (χ2v) is 9.16. The molecule has 0 aliphatic carbocycles. The van der Waals surface area contributed by atoms with E-state index >= 15 is 0 Å². The van der Waals surface area contributed by atoms with Gasteiger partial charge in [-0.2, -0.15) is 4.31 Å². The molecule has 0 N–H and O–H groups in total. The highest BCUT2D eigenvalue weighted by atomic mass is 32.2. The standard InChI is InChI=1S/C20H22N4O5S/c1-14-21-18(13-22(14)2)30(27,28)24-9-5-8-23(10-11-24)19(25)16-12-15-6-3-4-7-17(15)29-20(16)26/h3-4,6-7,12-13H,5,8-11H2,1-2H3. The predicted molar refractivity (Wildman–Crippen MR) is 110 cm³/mol. The molecule has 1 aliphatic heterocycles. The Bertz CT molecular complexity index is 1260. The molecule has 1 aromatic carbocycles. The Morgan fingerprint density at radius 3 is 2.63 bits per heavy atom. The molecule has 1 amide bonds. The van der Waals surface area contributed by atoms with E-state index in [0.29, 0.717) is 29.8 Å². The Morgan fingerprint density at radius 2 is 1.90 bits per heavy atom. The Kier molecular flexibility index (Phi) is 5.20. The second-order valence-electron chi connectivity index (χ2n) is 7.27. The van der Waals surface area contributed by atoms with E-state index in [4.69, 9.17) is 4.42 Å². The zero-order valence-electron chi connectivity index (χ0n) is 16.7. The summed E-state index contributed by atoms with van der Waals surface area (Å²) in [5.74, 6) is 0.144. The van der Waals surface area contributed by atoms with E-state index in [2.05, 4.69) is 4.98 Å². The zero-order chi connectivity index (χ0) is 21.5. The van der Waals surface area contributed by atoms with Crippen molar-refractivity contribution in [2.75, 3.05) is 26.2 Å². The average Bonchev–Trinajstić information content (AvgIpc) is 2.93. The van der Waals surface area contributed by atoms with Crippen molar-refractivity contribution < 1.29 is 17.6 Å². The smallest absolute Gasteiger partial charge is 0.349 e. The van der Waals surface area contributed by atoms with E-state index < -0.39 is 21.6 Å². The number of aryl methyl sites for hydroxylation is 2. The van der Waals surface area contributed by atoms with Gasteiger partial charge in [0.05, 0.1) is 0 Å². The molecule has 1 saturated heterocycles. The lowest BCUT2D eigenvalue weighted by Crippen LogP contribution is -2.38. The maximum Gasteiger partial charge on any atom is 0.349 e. The predicted octanol–water partition coefficient (Wildman–Crippen LogP) is 1.37. The van der Waals surface area contributed by atoms with Crippen molar-refractivity contribution in [3.05, 3.63) is 58.3 Å². The van der Waals surface area contributed by atoms with Gasteiger partial charge in [0, 0.05) is 44.8 Å². The van der Waals surface area contributed by atoms with Crippen LogP contribution in [0.5, 0.6) is 0 Å². The number of nitrogens with zero attached hydrogens (tertiary/aromatic N) is 4. The topological polar surface area (TPSA) is 106 Å². The molecule has 30 heavy (non-hydrogen) atoms. The molecule has 9 nitrogen and oxygen atoms in total. The zero-order valence-corrected chi connectivity index (χ0v) is 17.6. The molecule has 10 heteroatoms. The van der Waals surface area contributed by atoms with Crippen LogP contribution < -0.4 is 5.63 Å². The van der Waals surface area contributed by atoms with E-state index in [-0.39, 0.29) is 30.2 Å². The second kappa shape index (κ2) is 7.69. The number of aromatic nitrogens is 2. The summed E-state index contributed by atoms with van der Waals surface area (Å²) in [7, 11) is -2.02. The van der Waals surface area contributed by atoms with Crippen LogP contribution >= 0.6 is 0 Å². The van der Waals surface area contributed by atoms with Gasteiger partial charge in [-0.25, -0.2) is 18.2 Å². The molecular weight excluding hydrogens is 408 g/mol. The van der Waals surface area contributed by atoms with E-state index in [1.165, 1.54) is 21.5 Å². The lowest BCUT2D eigenvalue weighted by atomic mass is 10.1. The van der Waals surface area contributed by atoms with Gasteiger partial charge in [0.25, 0.3) is 15.9 Å². The number of carbonyl (C=O) groups is 1. The van der Waals surface area contributed by atoms with Gasteiger partial charge in [-0.05, 0) is 25.5 Å². The Balaban J connectivity index is 1.55. The fourth-order valence-corrected chi connectivity index (χ4v) is 5.00. The molecule has 0 radical (unpaired) electrons. The summed E-state index contributed by atoms with van der Waals surface area (Å²) in [6, 6.07) is 8.50. The largest absolute Gasteiger partial charge is 0.422 e. The number of imidazole rings is 1. The summed E-state index contributed by atoms with van der Waals surface area (Å²) in [5, 5.41) is 0.655. The number of para-hydroxylation sites is 1. The maximum absolute atomic E-state index is 13.0. The summed E-state index contributed by atoms with van der Waals surface area (Å²) >= 11 is 0. The summed E-state index contributed by atoms with van der Waals surface area (Å²) in [6.07, 6.45) is 1.94. The van der Waals surface area contributed by atoms with Gasteiger partial charge < -0.3 is 13.9 Å². The third kappa shape index (κ3) is 3.63. The highest BCUT2D eigenvalue weighted by molar-refractivity contribution is 7.89. The summed E-state index contributed by atoms with van der Waals surface area (Å²) in [4.78, 5) is 30.9. The number of hydrogen-bond acceptors (Lipinski definition) is 6. The minimum atomic E-state index is -3.75. The molecule has 0 unspecified atom stereocenters. The van der Waals surface area contributed by atoms with Gasteiger partial charge in [-0.3, -0.25) is 4.79 Å². The number of carbonyl (C=O) groups excluding carboxylic acids is 1. The number of fused-ring (bicyclic) bond motifs is 1. The van der Waals surface area contributed by atoms with Crippen molar-refractivity contribution in [3.8, 4) is 0 Å². The van der Waals surface area contributed by atoms with Crippen molar-refractivity contribution in [1.29, 1.82) is 0 Å². The molecule has 1 aliphatic rings. The van der Waals surface area contributed by atoms with E-state index in [1.54, 1.807) is 42.8 Å². The molecular formula is C20H22N4O5S. The first-order valence-electron chi connectivity index (χ1n) is 9.59. The SMILES string of the molecule is Cc1nc(S(=O)(=O)N2CCCN(C(=O)c3cc4ccccc4oc3=O)CC2)cn1C. The van der Waals surface area contributed by atoms with Gasteiger partial charge in [0.15, 0.2) is 5.03 Å². The van der Waals surface area contributed by atoms with E-state index in [0.717, 1.165) is 0 Å². The summed E-state index contributed by atoms with van der Waals surface area (Å²) in [6.45, 7) is 2.65. The van der Waals surface area contributed by atoms with Gasteiger partial charge in [-0.15, -0.1) is 0 Å². The quantitative estimate of drug-likeness (QED) is 0.581. The molecule has 1 fully saturated rings. The summed E-state index contributed by atoms with van der Waals surface area (Å²) < 4.78 is 34.1. The van der Waals surface area contributed by atoms with Gasteiger partial charge in [-0.1, -0.05) is 18.2 Å². The molecule has 2 aromatic heterocycles. The van der Waals surface area contributed by atoms with Crippen LogP contribution in [0.4, 0.5) is 0 Å². The average molecular weight is 430 g/mol. The Labute approximate surface area is 173 Å². The first-order valence-corrected chi connectivity index (χ1v) is 11.0. The molecule has 158 valence electrons. The van der Waals surface area contributed by atoms with Crippen molar-refractivity contribution in [3.63, 3.8) is 0 Å². The van der Waals surface area contributed by atoms with Crippen molar-refractivity contribution in [1.82, 2.24) is 18.8 Å². The molecule has 3 aromatic rings. The number of amides is 1. The van der Waals surface area contributed by atoms with Crippen molar-refractivity contribution in [2.45, 2.75) is 18.4 Å². The molecule has 0 atom stereocenters. The van der Waals surface area contributed by atoms with E-state index in [9.17, 15) is 18.0 Å². The number of hydrogen-bond donors (Lipinski definition) is 0. The summed E-state index contributed by atoms with van der Waals surface area (Å²) in [5.41, 5.74) is -0.334. The third-order valence-electron chi connectivity index (χ3n) is 5.30. The van der Waals surface area contributed by atoms with Gasteiger partial charge in [0.1, 0.15) is 17.0 Å². The fraction of sp³-hybridized carbons (Fsp3) is 0.350. The molecule has 4 rings (SSSR count). The molecule has 0 saturated carbocycles. The van der Waals surface area contributed by atoms with Crippen LogP contribution in [0, 0.1) is 6.92 Å². The lowest BCUT2D eigenvalue weighted by molar-refractivity contribution is 0.0760. The molecule has 0 spiro atoms. The highest BCUT2D eigenvalue weighted by Gasteiger charge is 2.31.